The summed E-state index contributed by atoms with van der Waals surface area (Å²) in [5.74, 6) is 1.46. The van der Waals surface area contributed by atoms with Crippen molar-refractivity contribution >= 4 is 5.91 Å². The highest BCUT2D eigenvalue weighted by Crippen LogP contribution is 2.14. The normalized spacial score (nSPS) is 14.2. The van der Waals surface area contributed by atoms with Crippen LogP contribution < -0.4 is 11.1 Å². The molecule has 0 spiro atoms. The Hall–Kier alpha value is -1.43. The summed E-state index contributed by atoms with van der Waals surface area (Å²) in [6.45, 7) is 9.44. The van der Waals surface area contributed by atoms with Gasteiger partial charge in [0.2, 0.25) is 5.91 Å². The second-order valence-electron chi connectivity index (χ2n) is 5.51. The molecule has 0 aliphatic carbocycles. The van der Waals surface area contributed by atoms with Crippen LogP contribution in [0.1, 0.15) is 51.2 Å². The van der Waals surface area contributed by atoms with Crippen LogP contribution in [0.4, 0.5) is 0 Å². The molecule has 0 aliphatic heterocycles. The first-order valence-corrected chi connectivity index (χ1v) is 7.32. The van der Waals surface area contributed by atoms with Crippen LogP contribution in [0.15, 0.2) is 0 Å². The second kappa shape index (κ2) is 7.38. The summed E-state index contributed by atoms with van der Waals surface area (Å²) in [4.78, 5) is 15.9. The van der Waals surface area contributed by atoms with Crippen molar-refractivity contribution in [3.8, 4) is 0 Å². The Bertz CT molecular complexity index is 443. The summed E-state index contributed by atoms with van der Waals surface area (Å²) in [5.41, 5.74) is 4.90. The maximum atomic E-state index is 11.6. The van der Waals surface area contributed by atoms with Gasteiger partial charge in [0, 0.05) is 6.54 Å². The SMILES string of the molecule is CCCNC(C)(CCCCn1nc(C)nc1C)C(N)=O. The smallest absolute Gasteiger partial charge is 0.237 e. The number of unbranched alkanes of at least 4 members (excludes halogenated alkanes) is 1. The fourth-order valence-electron chi connectivity index (χ4n) is 2.21. The first kappa shape index (κ1) is 16.6. The lowest BCUT2D eigenvalue weighted by Gasteiger charge is -2.27. The summed E-state index contributed by atoms with van der Waals surface area (Å²) in [6.07, 6.45) is 3.62. The van der Waals surface area contributed by atoms with E-state index in [2.05, 4.69) is 22.3 Å². The minimum atomic E-state index is -0.608. The summed E-state index contributed by atoms with van der Waals surface area (Å²) in [7, 11) is 0. The topological polar surface area (TPSA) is 85.8 Å². The van der Waals surface area contributed by atoms with Crippen molar-refractivity contribution < 1.29 is 4.79 Å². The number of hydrogen-bond acceptors (Lipinski definition) is 4. The van der Waals surface area contributed by atoms with Crippen molar-refractivity contribution in [3.05, 3.63) is 11.6 Å². The standard InChI is InChI=1S/C14H27N5O/c1-5-9-16-14(4,13(15)20)8-6-7-10-19-12(3)17-11(2)18-19/h16H,5-10H2,1-4H3,(H2,15,20). The molecule has 20 heavy (non-hydrogen) atoms. The molecule has 6 nitrogen and oxygen atoms in total. The second-order valence-corrected chi connectivity index (χ2v) is 5.51. The fourth-order valence-corrected chi connectivity index (χ4v) is 2.21. The summed E-state index contributed by atoms with van der Waals surface area (Å²) < 4.78 is 1.91. The van der Waals surface area contributed by atoms with E-state index in [1.165, 1.54) is 0 Å². The van der Waals surface area contributed by atoms with E-state index < -0.39 is 5.54 Å². The summed E-state index contributed by atoms with van der Waals surface area (Å²) in [5, 5.41) is 7.58. The average molecular weight is 281 g/mol. The Balaban J connectivity index is 2.41. The molecule has 1 heterocycles. The number of aromatic nitrogens is 3. The zero-order chi connectivity index (χ0) is 15.2. The number of carbonyl (C=O) groups excluding carboxylic acids is 1. The van der Waals surface area contributed by atoms with Crippen LogP contribution >= 0.6 is 0 Å². The third kappa shape index (κ3) is 4.59. The molecular weight excluding hydrogens is 254 g/mol. The van der Waals surface area contributed by atoms with Gasteiger partial charge in [-0.15, -0.1) is 0 Å². The molecule has 0 radical (unpaired) electrons. The number of aryl methyl sites for hydroxylation is 3. The molecule has 0 aromatic carbocycles. The van der Waals surface area contributed by atoms with Gasteiger partial charge in [-0.2, -0.15) is 5.10 Å². The van der Waals surface area contributed by atoms with Crippen molar-refractivity contribution in [2.24, 2.45) is 5.73 Å². The van der Waals surface area contributed by atoms with Gasteiger partial charge in [0.1, 0.15) is 11.6 Å². The number of nitrogens with zero attached hydrogens (tertiary/aromatic N) is 3. The van der Waals surface area contributed by atoms with Crippen molar-refractivity contribution in [2.75, 3.05) is 6.54 Å². The Morgan fingerprint density at radius 2 is 2.10 bits per heavy atom. The molecule has 0 saturated carbocycles. The number of primary amides is 1. The number of nitrogens with one attached hydrogen (secondary N) is 1. The zero-order valence-electron chi connectivity index (χ0n) is 13.1. The fraction of sp³-hybridized carbons (Fsp3) is 0.786. The molecule has 1 unspecified atom stereocenters. The lowest BCUT2D eigenvalue weighted by Crippen LogP contribution is -2.53. The summed E-state index contributed by atoms with van der Waals surface area (Å²) >= 11 is 0. The number of nitrogens with two attached hydrogens (primary N) is 1. The molecule has 1 aromatic heterocycles. The van der Waals surface area contributed by atoms with E-state index in [0.29, 0.717) is 0 Å². The van der Waals surface area contributed by atoms with Gasteiger partial charge in [0.15, 0.2) is 0 Å². The van der Waals surface area contributed by atoms with Gasteiger partial charge < -0.3 is 11.1 Å². The first-order chi connectivity index (χ1) is 9.39. The van der Waals surface area contributed by atoms with Gasteiger partial charge in [-0.25, -0.2) is 4.98 Å². The van der Waals surface area contributed by atoms with Gasteiger partial charge in [-0.1, -0.05) is 6.92 Å². The molecule has 114 valence electrons. The highest BCUT2D eigenvalue weighted by molar-refractivity contribution is 5.84. The van der Waals surface area contributed by atoms with Gasteiger partial charge in [-0.05, 0) is 53.0 Å². The molecule has 6 heteroatoms. The number of carbonyl (C=O) groups is 1. The van der Waals surface area contributed by atoms with E-state index >= 15 is 0 Å². The van der Waals surface area contributed by atoms with Gasteiger partial charge in [0.05, 0.1) is 5.54 Å². The molecule has 0 saturated heterocycles. The Morgan fingerprint density at radius 1 is 1.40 bits per heavy atom. The predicted molar refractivity (Wildman–Crippen MR) is 79.2 cm³/mol. The highest BCUT2D eigenvalue weighted by atomic mass is 16.1. The summed E-state index contributed by atoms with van der Waals surface area (Å²) in [6, 6.07) is 0. The predicted octanol–water partition coefficient (Wildman–Crippen LogP) is 1.31. The van der Waals surface area contributed by atoms with Crippen LogP contribution in [0.2, 0.25) is 0 Å². The van der Waals surface area contributed by atoms with Crippen molar-refractivity contribution in [3.63, 3.8) is 0 Å². The number of rotatable bonds is 9. The molecule has 1 atom stereocenters. The van der Waals surface area contributed by atoms with E-state index in [4.69, 9.17) is 5.73 Å². The van der Waals surface area contributed by atoms with Crippen molar-refractivity contribution in [1.29, 1.82) is 0 Å². The van der Waals surface area contributed by atoms with Crippen LogP contribution in [0.3, 0.4) is 0 Å². The number of amides is 1. The zero-order valence-corrected chi connectivity index (χ0v) is 13.1. The van der Waals surface area contributed by atoms with E-state index in [1.54, 1.807) is 0 Å². The van der Waals surface area contributed by atoms with E-state index in [-0.39, 0.29) is 5.91 Å². The van der Waals surface area contributed by atoms with Crippen LogP contribution in [0, 0.1) is 13.8 Å². The molecule has 1 aromatic rings. The molecule has 0 fully saturated rings. The maximum absolute atomic E-state index is 11.6. The Kier molecular flexibility index (Phi) is 6.13. The lowest BCUT2D eigenvalue weighted by molar-refractivity contribution is -0.124. The van der Waals surface area contributed by atoms with Gasteiger partial charge in [-0.3, -0.25) is 9.48 Å². The van der Waals surface area contributed by atoms with Crippen LogP contribution in [-0.2, 0) is 11.3 Å². The first-order valence-electron chi connectivity index (χ1n) is 7.32. The van der Waals surface area contributed by atoms with Gasteiger partial charge in [0.25, 0.3) is 0 Å². The van der Waals surface area contributed by atoms with Crippen molar-refractivity contribution in [2.45, 2.75) is 65.5 Å². The molecular formula is C14H27N5O. The average Bonchev–Trinajstić information content (AvgIpc) is 2.70. The van der Waals surface area contributed by atoms with Crippen LogP contribution in [-0.4, -0.2) is 32.8 Å². The van der Waals surface area contributed by atoms with Crippen LogP contribution in [0.25, 0.3) is 0 Å². The third-order valence-electron chi connectivity index (χ3n) is 3.57. The molecule has 1 amide bonds. The van der Waals surface area contributed by atoms with Crippen molar-refractivity contribution in [1.82, 2.24) is 20.1 Å². The third-order valence-corrected chi connectivity index (χ3v) is 3.57. The minimum absolute atomic E-state index is 0.279. The largest absolute Gasteiger partial charge is 0.368 e. The van der Waals surface area contributed by atoms with E-state index in [1.807, 2.05) is 25.5 Å². The lowest BCUT2D eigenvalue weighted by atomic mass is 9.93. The van der Waals surface area contributed by atoms with Gasteiger partial charge >= 0.3 is 0 Å². The monoisotopic (exact) mass is 281 g/mol. The number of hydrogen-bond donors (Lipinski definition) is 2. The Labute approximate surface area is 121 Å². The highest BCUT2D eigenvalue weighted by Gasteiger charge is 2.29. The minimum Gasteiger partial charge on any atom is -0.368 e. The quantitative estimate of drug-likeness (QED) is 0.668. The van der Waals surface area contributed by atoms with E-state index in [9.17, 15) is 4.79 Å². The molecule has 1 rings (SSSR count). The molecule has 0 bridgehead atoms. The molecule has 0 aliphatic rings. The Morgan fingerprint density at radius 3 is 2.60 bits per heavy atom. The maximum Gasteiger partial charge on any atom is 0.237 e. The van der Waals surface area contributed by atoms with E-state index in [0.717, 1.165) is 50.4 Å². The molecule has 3 N–H and O–H groups in total. The van der Waals surface area contributed by atoms with Crippen LogP contribution in [0.5, 0.6) is 0 Å².